The van der Waals surface area contributed by atoms with Crippen molar-refractivity contribution >= 4 is 67.2 Å². The molecule has 4 aromatic carbocycles. The van der Waals surface area contributed by atoms with Crippen molar-refractivity contribution in [1.82, 2.24) is 45.5 Å². The number of carbonyl (C=O) groups excluding carboxylic acids is 4. The summed E-state index contributed by atoms with van der Waals surface area (Å²) in [5.41, 5.74) is 4.30. The molecule has 3 N–H and O–H groups in total. The fourth-order valence-electron chi connectivity index (χ4n) is 10.5. The molecule has 4 saturated carbocycles. The number of hydrogen-bond acceptors (Lipinski definition) is 8. The van der Waals surface area contributed by atoms with Crippen molar-refractivity contribution < 1.29 is 28.0 Å². The molecule has 8 aromatic rings. The first-order valence-electron chi connectivity index (χ1n) is 25.7. The van der Waals surface area contributed by atoms with E-state index in [2.05, 4.69) is 47.1 Å². The molecule has 4 aliphatic carbocycles. The quantitative estimate of drug-likeness (QED) is 0.120. The summed E-state index contributed by atoms with van der Waals surface area (Å²) in [4.78, 5) is 61.8. The van der Waals surface area contributed by atoms with Crippen LogP contribution in [0.5, 0.6) is 0 Å². The van der Waals surface area contributed by atoms with Crippen LogP contribution in [-0.4, -0.2) is 65.2 Å². The van der Waals surface area contributed by atoms with Crippen molar-refractivity contribution in [1.29, 1.82) is 0 Å². The van der Waals surface area contributed by atoms with E-state index >= 15 is 0 Å². The highest BCUT2D eigenvalue weighted by Gasteiger charge is 2.67. The first-order valence-corrected chi connectivity index (χ1v) is 26.5. The third-order valence-electron chi connectivity index (χ3n) is 15.1. The second-order valence-electron chi connectivity index (χ2n) is 20.0. The van der Waals surface area contributed by atoms with Crippen LogP contribution in [0.4, 0.5) is 14.6 Å². The Morgan fingerprint density at radius 1 is 0.613 bits per heavy atom. The fourth-order valence-corrected chi connectivity index (χ4v) is 10.8. The molecule has 2 spiro atoms. The van der Waals surface area contributed by atoms with Gasteiger partial charge < -0.3 is 16.0 Å². The number of halogens is 3. The Bertz CT molecular complexity index is 3410. The van der Waals surface area contributed by atoms with Gasteiger partial charge in [-0.05, 0) is 139 Å². The maximum absolute atomic E-state index is 13.9. The van der Waals surface area contributed by atoms with E-state index < -0.39 is 5.41 Å². The summed E-state index contributed by atoms with van der Waals surface area (Å²) in [7, 11) is 0. The van der Waals surface area contributed by atoms with Gasteiger partial charge in [-0.1, -0.05) is 74.5 Å². The Morgan fingerprint density at radius 3 is 1.60 bits per heavy atom. The summed E-state index contributed by atoms with van der Waals surface area (Å²) in [6.45, 7) is 4.00. The van der Waals surface area contributed by atoms with Crippen molar-refractivity contribution in [2.24, 2.45) is 22.7 Å². The number of amides is 4. The maximum atomic E-state index is 13.9. The van der Waals surface area contributed by atoms with Crippen molar-refractivity contribution in [3.05, 3.63) is 173 Å². The molecular weight excluding hydrogens is 1020 g/mol. The number of fused-ring (bicyclic) bond motifs is 2. The van der Waals surface area contributed by atoms with Crippen LogP contribution in [0.15, 0.2) is 151 Å². The second kappa shape index (κ2) is 20.2. The molecule has 4 aromatic heterocycles. The number of benzene rings is 4. The number of carbonyl (C=O) groups is 4. The Kier molecular flexibility index (Phi) is 13.4. The van der Waals surface area contributed by atoms with Gasteiger partial charge in [0.2, 0.25) is 23.6 Å². The molecular formula is C58H55BrF2N10O4. The number of anilines is 1. The summed E-state index contributed by atoms with van der Waals surface area (Å²) < 4.78 is 30.4. The molecule has 6 heterocycles. The largest absolute Gasteiger partial charge is 0.350 e. The van der Waals surface area contributed by atoms with E-state index in [1.165, 1.54) is 24.3 Å². The third kappa shape index (κ3) is 9.69. The number of pyridine rings is 2. The molecule has 14 nitrogen and oxygen atoms in total. The Hall–Kier alpha value is -7.66. The SMILES string of the molecule is CC.Fc1ccc(-n2ncc3cc(Br)ncc32)cc1.O=C(N[C@@H]1[C@@H](c2ccccc2)N(c2cc3cnn(-c4ccc(F)cc4)c3cn2)C(=O)C12CC2)C1CC1.O=C(N[C@@H]1[C@@H](c2ccccc2)NC(=O)C12CC2)C1CC1. The lowest BCUT2D eigenvalue weighted by Gasteiger charge is -2.29. The topological polar surface area (TPSA) is 169 Å². The van der Waals surface area contributed by atoms with Crippen LogP contribution in [0.25, 0.3) is 33.2 Å². The molecule has 382 valence electrons. The van der Waals surface area contributed by atoms with Gasteiger partial charge in [-0.2, -0.15) is 10.2 Å². The molecule has 0 bridgehead atoms. The normalized spacial score (nSPS) is 21.3. The van der Waals surface area contributed by atoms with E-state index in [0.717, 1.165) is 100 Å². The van der Waals surface area contributed by atoms with Crippen LogP contribution in [0.1, 0.15) is 88.4 Å². The number of nitrogens with one attached hydrogen (secondary N) is 3. The number of aromatic nitrogens is 6. The first kappa shape index (κ1) is 49.5. The zero-order valence-electron chi connectivity index (χ0n) is 41.4. The van der Waals surface area contributed by atoms with Crippen LogP contribution in [-0.2, 0) is 19.2 Å². The minimum atomic E-state index is -0.583. The molecule has 2 aliphatic heterocycles. The Balaban J connectivity index is 0.000000130. The predicted octanol–water partition coefficient (Wildman–Crippen LogP) is 10.2. The predicted molar refractivity (Wildman–Crippen MR) is 283 cm³/mol. The van der Waals surface area contributed by atoms with Crippen LogP contribution >= 0.6 is 15.9 Å². The fraction of sp³-hybridized carbons (Fsp3) is 0.310. The van der Waals surface area contributed by atoms with Gasteiger partial charge in [-0.3, -0.25) is 24.1 Å². The Labute approximate surface area is 440 Å². The molecule has 14 rings (SSSR count). The summed E-state index contributed by atoms with van der Waals surface area (Å²) in [6, 6.07) is 35.0. The van der Waals surface area contributed by atoms with Gasteiger partial charge in [-0.25, -0.2) is 28.1 Å². The molecule has 4 amide bonds. The van der Waals surface area contributed by atoms with Crippen LogP contribution < -0.4 is 20.9 Å². The van der Waals surface area contributed by atoms with Crippen molar-refractivity contribution in [2.45, 2.75) is 89.4 Å². The van der Waals surface area contributed by atoms with Crippen molar-refractivity contribution in [3.8, 4) is 11.4 Å². The van der Waals surface area contributed by atoms with Gasteiger partial charge >= 0.3 is 0 Å². The number of rotatable bonds is 9. The van der Waals surface area contributed by atoms with E-state index in [4.69, 9.17) is 4.98 Å². The minimum Gasteiger partial charge on any atom is -0.350 e. The zero-order chi connectivity index (χ0) is 52.0. The summed E-state index contributed by atoms with van der Waals surface area (Å²) >= 11 is 3.31. The molecule has 0 radical (unpaired) electrons. The third-order valence-corrected chi connectivity index (χ3v) is 15.6. The molecule has 2 saturated heterocycles. The lowest BCUT2D eigenvalue weighted by molar-refractivity contribution is -0.126. The molecule has 6 aliphatic rings. The van der Waals surface area contributed by atoms with Crippen LogP contribution in [0.3, 0.4) is 0 Å². The smallest absolute Gasteiger partial charge is 0.237 e. The standard InChI is InChI=1S/C28H24FN5O2.C16H18N2O2.C12H7BrFN3.C2H6/c29-20-8-10-21(11-9-20)34-22-16-30-23(14-19(22)15-31-34)33-24(17-4-2-1-3-5-17)25(28(12-13-28)27(33)36)32-26(35)18-6-7-18;19-14(11-6-7-11)18-13-12(10-4-2-1-3-5-10)17-15(20)16(13)8-9-16;13-12-5-8-6-16-17(11(8)7-15-12)10-3-1-9(14)2-4-10;1-2/h1-5,8-11,14-16,18,24-25H,6-7,12-13H2,(H,32,35);1-5,11-13H,6-9H2,(H,17,20)(H,18,19);1-7H;1-2H3/t24-,25-;12-,13-;;/m11../s1. The van der Waals surface area contributed by atoms with E-state index in [9.17, 15) is 28.0 Å². The lowest BCUT2D eigenvalue weighted by atomic mass is 9.91. The van der Waals surface area contributed by atoms with Crippen molar-refractivity contribution in [3.63, 3.8) is 0 Å². The van der Waals surface area contributed by atoms with E-state index in [1.807, 2.05) is 86.6 Å². The van der Waals surface area contributed by atoms with Gasteiger partial charge in [0, 0.05) is 22.6 Å². The molecule has 6 fully saturated rings. The van der Waals surface area contributed by atoms with E-state index in [1.54, 1.807) is 63.3 Å². The van der Waals surface area contributed by atoms with Gasteiger partial charge in [-0.15, -0.1) is 0 Å². The highest BCUT2D eigenvalue weighted by molar-refractivity contribution is 9.10. The van der Waals surface area contributed by atoms with Gasteiger partial charge in [0.1, 0.15) is 22.1 Å². The van der Waals surface area contributed by atoms with Crippen LogP contribution in [0.2, 0.25) is 0 Å². The Morgan fingerprint density at radius 2 is 1.09 bits per heavy atom. The van der Waals surface area contributed by atoms with Crippen molar-refractivity contribution in [2.75, 3.05) is 4.90 Å². The van der Waals surface area contributed by atoms with Gasteiger partial charge in [0.25, 0.3) is 0 Å². The molecule has 0 unspecified atom stereocenters. The monoisotopic (exact) mass is 1070 g/mol. The second-order valence-corrected chi connectivity index (χ2v) is 20.8. The van der Waals surface area contributed by atoms with Crippen LogP contribution in [0, 0.1) is 34.3 Å². The summed E-state index contributed by atoms with van der Waals surface area (Å²) in [6.07, 6.45) is 14.0. The van der Waals surface area contributed by atoms with E-state index in [0.29, 0.717) is 5.82 Å². The number of hydrogen-bond donors (Lipinski definition) is 3. The maximum Gasteiger partial charge on any atom is 0.237 e. The summed E-state index contributed by atoms with van der Waals surface area (Å²) in [5.74, 6) is 0.492. The summed E-state index contributed by atoms with van der Waals surface area (Å²) in [5, 5.41) is 20.0. The average molecular weight is 1070 g/mol. The number of nitrogens with zero attached hydrogens (tertiary/aromatic N) is 7. The first-order chi connectivity index (χ1) is 36.5. The highest BCUT2D eigenvalue weighted by Crippen LogP contribution is 2.60. The minimum absolute atomic E-state index is 0.00947. The highest BCUT2D eigenvalue weighted by atomic mass is 79.9. The van der Waals surface area contributed by atoms with Gasteiger partial charge in [0.15, 0.2) is 0 Å². The molecule has 4 atom stereocenters. The lowest BCUT2D eigenvalue weighted by Crippen LogP contribution is -2.44. The zero-order valence-corrected chi connectivity index (χ0v) is 43.0. The van der Waals surface area contributed by atoms with Gasteiger partial charge in [0.05, 0.1) is 82.2 Å². The average Bonchev–Trinajstić information content (AvgIpc) is 4.28. The molecule has 75 heavy (non-hydrogen) atoms. The molecule has 17 heteroatoms. The van der Waals surface area contributed by atoms with E-state index in [-0.39, 0.29) is 76.7 Å².